The Labute approximate surface area is 179 Å². The molecule has 0 aliphatic heterocycles. The number of nitrogens with zero attached hydrogens (tertiary/aromatic N) is 3. The van der Waals surface area contributed by atoms with Crippen molar-refractivity contribution in [2.24, 2.45) is 0 Å². The van der Waals surface area contributed by atoms with E-state index in [1.165, 1.54) is 20.0 Å². The maximum atomic E-state index is 14.0. The van der Waals surface area contributed by atoms with Gasteiger partial charge in [-0.15, -0.1) is 0 Å². The number of rotatable bonds is 7. The third-order valence-corrected chi connectivity index (χ3v) is 4.73. The number of carbonyl (C=O) groups is 1. The van der Waals surface area contributed by atoms with Gasteiger partial charge < -0.3 is 15.7 Å². The van der Waals surface area contributed by atoms with Crippen molar-refractivity contribution in [2.45, 2.75) is 45.5 Å². The van der Waals surface area contributed by atoms with Crippen LogP contribution in [0.2, 0.25) is 5.02 Å². The third-order valence-electron chi connectivity index (χ3n) is 4.53. The second kappa shape index (κ2) is 8.57. The summed E-state index contributed by atoms with van der Waals surface area (Å²) < 4.78 is 15.8. The molecular weight excluding hydrogens is 409 g/mol. The standard InChI is InChI=1S/C21H25ClFN5O2/c1-12(2)27-16-8-18(28-6-5-13-7-14(22)9-25-19(13)28)24-10-15(16)20(29)26-11-17(23)21(3,4)30/h5-10,12,17,30H,11H2,1-4H3,(H,24,27)(H,26,29). The van der Waals surface area contributed by atoms with E-state index < -0.39 is 17.7 Å². The molecule has 7 nitrogen and oxygen atoms in total. The number of anilines is 1. The lowest BCUT2D eigenvalue weighted by Gasteiger charge is -2.23. The number of amides is 1. The van der Waals surface area contributed by atoms with E-state index in [0.29, 0.717) is 22.2 Å². The van der Waals surface area contributed by atoms with Crippen molar-refractivity contribution < 1.29 is 14.3 Å². The second-order valence-corrected chi connectivity index (χ2v) is 8.41. The fourth-order valence-corrected chi connectivity index (χ4v) is 3.06. The molecule has 0 fully saturated rings. The largest absolute Gasteiger partial charge is 0.387 e. The van der Waals surface area contributed by atoms with E-state index >= 15 is 0 Å². The van der Waals surface area contributed by atoms with Gasteiger partial charge in [0.05, 0.1) is 28.4 Å². The van der Waals surface area contributed by atoms with Crippen molar-refractivity contribution >= 4 is 34.2 Å². The molecule has 3 N–H and O–H groups in total. The number of nitrogens with one attached hydrogen (secondary N) is 2. The summed E-state index contributed by atoms with van der Waals surface area (Å²) in [6.45, 7) is 6.30. The van der Waals surface area contributed by atoms with Crippen LogP contribution in [0.1, 0.15) is 38.1 Å². The van der Waals surface area contributed by atoms with E-state index in [9.17, 15) is 14.3 Å². The maximum absolute atomic E-state index is 14.0. The van der Waals surface area contributed by atoms with Gasteiger partial charge in [0.2, 0.25) is 0 Å². The molecule has 3 aromatic rings. The number of halogens is 2. The van der Waals surface area contributed by atoms with Gasteiger partial charge in [-0.3, -0.25) is 9.36 Å². The quantitative estimate of drug-likeness (QED) is 0.528. The topological polar surface area (TPSA) is 92.1 Å². The number of alkyl halides is 1. The van der Waals surface area contributed by atoms with Gasteiger partial charge >= 0.3 is 0 Å². The monoisotopic (exact) mass is 433 g/mol. The molecule has 0 aliphatic carbocycles. The van der Waals surface area contributed by atoms with Crippen LogP contribution in [0.3, 0.4) is 0 Å². The van der Waals surface area contributed by atoms with Gasteiger partial charge in [0.1, 0.15) is 17.6 Å². The SMILES string of the molecule is CC(C)Nc1cc(-n2ccc3cc(Cl)cnc32)ncc1C(=O)NCC(F)C(C)(C)O. The van der Waals surface area contributed by atoms with Gasteiger partial charge in [-0.05, 0) is 39.8 Å². The Bertz CT molecular complexity index is 1060. The zero-order valence-electron chi connectivity index (χ0n) is 17.3. The van der Waals surface area contributed by atoms with Crippen LogP contribution < -0.4 is 10.6 Å². The molecule has 0 aliphatic rings. The van der Waals surface area contributed by atoms with Crippen LogP contribution in [0.15, 0.2) is 36.8 Å². The van der Waals surface area contributed by atoms with Crippen molar-refractivity contribution in [1.29, 1.82) is 0 Å². The maximum Gasteiger partial charge on any atom is 0.255 e. The molecule has 3 heterocycles. The fourth-order valence-electron chi connectivity index (χ4n) is 2.90. The van der Waals surface area contributed by atoms with E-state index in [2.05, 4.69) is 20.6 Å². The van der Waals surface area contributed by atoms with Crippen LogP contribution in [0, 0.1) is 0 Å². The molecular formula is C21H25ClFN5O2. The predicted octanol–water partition coefficient (Wildman–Crippen LogP) is 3.73. The average molecular weight is 434 g/mol. The molecule has 3 rings (SSSR count). The highest BCUT2D eigenvalue weighted by Gasteiger charge is 2.27. The summed E-state index contributed by atoms with van der Waals surface area (Å²) in [5.41, 5.74) is -0.0188. The lowest BCUT2D eigenvalue weighted by atomic mass is 10.0. The van der Waals surface area contributed by atoms with Gasteiger partial charge in [-0.2, -0.15) is 0 Å². The Balaban J connectivity index is 1.92. The highest BCUT2D eigenvalue weighted by atomic mass is 35.5. The van der Waals surface area contributed by atoms with E-state index in [0.717, 1.165) is 5.39 Å². The van der Waals surface area contributed by atoms with Crippen LogP contribution in [0.4, 0.5) is 10.1 Å². The minimum atomic E-state index is -1.60. The molecule has 1 amide bonds. The van der Waals surface area contributed by atoms with Gasteiger partial charge in [-0.1, -0.05) is 11.6 Å². The van der Waals surface area contributed by atoms with E-state index in [1.54, 1.807) is 16.8 Å². The minimum Gasteiger partial charge on any atom is -0.387 e. The smallest absolute Gasteiger partial charge is 0.255 e. The molecule has 0 saturated carbocycles. The number of hydrogen-bond donors (Lipinski definition) is 3. The number of carbonyl (C=O) groups excluding carboxylic acids is 1. The lowest BCUT2D eigenvalue weighted by Crippen LogP contribution is -2.42. The van der Waals surface area contributed by atoms with E-state index in [-0.39, 0.29) is 18.2 Å². The molecule has 160 valence electrons. The van der Waals surface area contributed by atoms with Gasteiger partial charge in [0, 0.05) is 36.1 Å². The molecule has 0 saturated heterocycles. The third kappa shape index (κ3) is 4.88. The zero-order chi connectivity index (χ0) is 22.1. The minimum absolute atomic E-state index is 0.0513. The molecule has 0 spiro atoms. The van der Waals surface area contributed by atoms with E-state index in [1.807, 2.05) is 32.2 Å². The molecule has 1 unspecified atom stereocenters. The van der Waals surface area contributed by atoms with Crippen molar-refractivity contribution in [1.82, 2.24) is 19.9 Å². The summed E-state index contributed by atoms with van der Waals surface area (Å²) in [6.07, 6.45) is 3.23. The van der Waals surface area contributed by atoms with Crippen LogP contribution in [-0.4, -0.2) is 49.9 Å². The van der Waals surface area contributed by atoms with Crippen LogP contribution >= 0.6 is 11.6 Å². The summed E-state index contributed by atoms with van der Waals surface area (Å²) in [4.78, 5) is 21.4. The fraction of sp³-hybridized carbons (Fsp3) is 0.381. The number of aliphatic hydroxyl groups is 1. The zero-order valence-corrected chi connectivity index (χ0v) is 18.0. The molecule has 0 aromatic carbocycles. The molecule has 3 aromatic heterocycles. The average Bonchev–Trinajstić information content (AvgIpc) is 3.07. The molecule has 1 atom stereocenters. The summed E-state index contributed by atoms with van der Waals surface area (Å²) >= 11 is 6.01. The highest BCUT2D eigenvalue weighted by Crippen LogP contribution is 2.24. The van der Waals surface area contributed by atoms with Gasteiger partial charge in [-0.25, -0.2) is 14.4 Å². The summed E-state index contributed by atoms with van der Waals surface area (Å²) in [7, 11) is 0. The molecule has 0 radical (unpaired) electrons. The number of fused-ring (bicyclic) bond motifs is 1. The Hall–Kier alpha value is -2.71. The molecule has 9 heteroatoms. The Morgan fingerprint density at radius 1 is 1.30 bits per heavy atom. The van der Waals surface area contributed by atoms with Crippen LogP contribution in [0.25, 0.3) is 16.9 Å². The van der Waals surface area contributed by atoms with Gasteiger partial charge in [0.15, 0.2) is 0 Å². The first-order valence-corrected chi connectivity index (χ1v) is 9.98. The van der Waals surface area contributed by atoms with Crippen LogP contribution in [-0.2, 0) is 0 Å². The highest BCUT2D eigenvalue weighted by molar-refractivity contribution is 6.31. The Morgan fingerprint density at radius 2 is 2.03 bits per heavy atom. The van der Waals surface area contributed by atoms with E-state index in [4.69, 9.17) is 11.6 Å². The molecule has 0 bridgehead atoms. The Morgan fingerprint density at radius 3 is 2.70 bits per heavy atom. The summed E-state index contributed by atoms with van der Waals surface area (Å²) in [5.74, 6) is 0.0887. The van der Waals surface area contributed by atoms with Crippen molar-refractivity contribution in [3.8, 4) is 5.82 Å². The van der Waals surface area contributed by atoms with Crippen LogP contribution in [0.5, 0.6) is 0 Å². The number of hydrogen-bond acceptors (Lipinski definition) is 5. The number of pyridine rings is 2. The summed E-state index contributed by atoms with van der Waals surface area (Å²) in [6, 6.07) is 5.49. The first-order chi connectivity index (χ1) is 14.1. The van der Waals surface area contributed by atoms with Crippen molar-refractivity contribution in [3.63, 3.8) is 0 Å². The first-order valence-electron chi connectivity index (χ1n) is 9.60. The number of aromatic nitrogens is 3. The lowest BCUT2D eigenvalue weighted by molar-refractivity contribution is -0.00177. The van der Waals surface area contributed by atoms with Crippen molar-refractivity contribution in [2.75, 3.05) is 11.9 Å². The Kier molecular flexibility index (Phi) is 6.28. The molecule has 30 heavy (non-hydrogen) atoms. The normalized spacial score (nSPS) is 12.9. The van der Waals surface area contributed by atoms with Gasteiger partial charge in [0.25, 0.3) is 5.91 Å². The predicted molar refractivity (Wildman–Crippen MR) is 116 cm³/mol. The summed E-state index contributed by atoms with van der Waals surface area (Å²) in [5, 5.41) is 16.9. The second-order valence-electron chi connectivity index (χ2n) is 7.97. The van der Waals surface area contributed by atoms with Crippen molar-refractivity contribution in [3.05, 3.63) is 47.4 Å². The first kappa shape index (κ1) is 22.0.